The molecule has 2 rings (SSSR count). The van der Waals surface area contributed by atoms with E-state index in [9.17, 15) is 25.3 Å². The van der Waals surface area contributed by atoms with Crippen LogP contribution in [0.4, 0.5) is 11.4 Å². The molecular formula is C17H13N3O5. The zero-order valence-corrected chi connectivity index (χ0v) is 13.1. The van der Waals surface area contributed by atoms with Crippen LogP contribution in [0.5, 0.6) is 11.5 Å². The van der Waals surface area contributed by atoms with Crippen LogP contribution in [0.3, 0.4) is 0 Å². The number of benzene rings is 2. The van der Waals surface area contributed by atoms with Gasteiger partial charge in [0.2, 0.25) is 0 Å². The highest BCUT2D eigenvalue weighted by atomic mass is 16.6. The fourth-order valence-corrected chi connectivity index (χ4v) is 1.99. The van der Waals surface area contributed by atoms with Crippen LogP contribution in [-0.4, -0.2) is 23.0 Å². The van der Waals surface area contributed by atoms with Gasteiger partial charge in [0.05, 0.1) is 12.0 Å². The quantitative estimate of drug-likeness (QED) is 0.373. The number of carbonyl (C=O) groups excluding carboxylic acids is 1. The van der Waals surface area contributed by atoms with Crippen molar-refractivity contribution in [3.63, 3.8) is 0 Å². The second kappa shape index (κ2) is 7.61. The molecule has 25 heavy (non-hydrogen) atoms. The Bertz CT molecular complexity index is 899. The van der Waals surface area contributed by atoms with Crippen molar-refractivity contribution < 1.29 is 19.6 Å². The first-order chi connectivity index (χ1) is 11.9. The monoisotopic (exact) mass is 339 g/mol. The molecule has 2 aromatic carbocycles. The molecule has 0 spiro atoms. The summed E-state index contributed by atoms with van der Waals surface area (Å²) in [4.78, 5) is 22.4. The van der Waals surface area contributed by atoms with Gasteiger partial charge in [-0.15, -0.1) is 0 Å². The van der Waals surface area contributed by atoms with E-state index in [1.54, 1.807) is 6.07 Å². The Balaban J connectivity index is 2.25. The maximum Gasteiger partial charge on any atom is 0.271 e. The SMILES string of the molecule is COc1cc(/C=C(\C#N)C(=O)Nc2cccc([N+](=O)[O-])c2)ccc1O. The lowest BCUT2D eigenvalue weighted by atomic mass is 10.1. The zero-order valence-electron chi connectivity index (χ0n) is 13.1. The molecule has 0 aliphatic rings. The summed E-state index contributed by atoms with van der Waals surface area (Å²) in [5.41, 5.74) is 0.284. The zero-order chi connectivity index (χ0) is 18.4. The van der Waals surface area contributed by atoms with Gasteiger partial charge in [-0.2, -0.15) is 5.26 Å². The van der Waals surface area contributed by atoms with Gasteiger partial charge in [0, 0.05) is 17.8 Å². The number of anilines is 1. The normalized spacial score (nSPS) is 10.6. The molecule has 0 unspecified atom stereocenters. The molecule has 0 aliphatic heterocycles. The highest BCUT2D eigenvalue weighted by molar-refractivity contribution is 6.09. The number of methoxy groups -OCH3 is 1. The molecule has 0 saturated carbocycles. The largest absolute Gasteiger partial charge is 0.504 e. The van der Waals surface area contributed by atoms with Gasteiger partial charge in [0.25, 0.3) is 11.6 Å². The number of phenols is 1. The summed E-state index contributed by atoms with van der Waals surface area (Å²) in [5, 5.41) is 31.9. The van der Waals surface area contributed by atoms with E-state index < -0.39 is 10.8 Å². The molecule has 2 N–H and O–H groups in total. The average molecular weight is 339 g/mol. The number of nitriles is 1. The third-order valence-corrected chi connectivity index (χ3v) is 3.19. The highest BCUT2D eigenvalue weighted by Crippen LogP contribution is 2.27. The second-order valence-electron chi connectivity index (χ2n) is 4.86. The summed E-state index contributed by atoms with van der Waals surface area (Å²) in [6, 6.07) is 11.5. The molecule has 8 heteroatoms. The van der Waals surface area contributed by atoms with Gasteiger partial charge in [0.15, 0.2) is 11.5 Å². The van der Waals surface area contributed by atoms with Crippen LogP contribution in [0, 0.1) is 21.4 Å². The van der Waals surface area contributed by atoms with Crippen LogP contribution >= 0.6 is 0 Å². The molecule has 2 aromatic rings. The first kappa shape index (κ1) is 17.5. The van der Waals surface area contributed by atoms with E-state index in [2.05, 4.69) is 5.32 Å². The van der Waals surface area contributed by atoms with Crippen molar-refractivity contribution in [2.75, 3.05) is 12.4 Å². The van der Waals surface area contributed by atoms with Crippen molar-refractivity contribution in [3.8, 4) is 17.6 Å². The lowest BCUT2D eigenvalue weighted by Gasteiger charge is -2.06. The Kier molecular flexibility index (Phi) is 5.32. The third-order valence-electron chi connectivity index (χ3n) is 3.19. The van der Waals surface area contributed by atoms with Gasteiger partial charge < -0.3 is 15.2 Å². The second-order valence-corrected chi connectivity index (χ2v) is 4.86. The summed E-state index contributed by atoms with van der Waals surface area (Å²) < 4.78 is 4.97. The number of nitrogens with zero attached hydrogens (tertiary/aromatic N) is 2. The van der Waals surface area contributed by atoms with Crippen molar-refractivity contribution in [2.24, 2.45) is 0 Å². The topological polar surface area (TPSA) is 125 Å². The van der Waals surface area contributed by atoms with E-state index in [0.717, 1.165) is 0 Å². The van der Waals surface area contributed by atoms with Crippen molar-refractivity contribution in [3.05, 3.63) is 63.7 Å². The number of non-ortho nitro benzene ring substituents is 1. The summed E-state index contributed by atoms with van der Waals surface area (Å²) in [7, 11) is 1.38. The molecule has 1 amide bonds. The number of aromatic hydroxyl groups is 1. The Morgan fingerprint density at radius 3 is 2.76 bits per heavy atom. The van der Waals surface area contributed by atoms with E-state index >= 15 is 0 Å². The smallest absolute Gasteiger partial charge is 0.271 e. The fourth-order valence-electron chi connectivity index (χ4n) is 1.99. The minimum Gasteiger partial charge on any atom is -0.504 e. The Morgan fingerprint density at radius 1 is 1.36 bits per heavy atom. The number of nitro benzene ring substituents is 1. The van der Waals surface area contributed by atoms with Crippen molar-refractivity contribution in [1.82, 2.24) is 0 Å². The number of hydrogen-bond donors (Lipinski definition) is 2. The number of nitro groups is 1. The minimum absolute atomic E-state index is 0.0702. The number of carbonyl (C=O) groups is 1. The van der Waals surface area contributed by atoms with Crippen LogP contribution in [-0.2, 0) is 4.79 Å². The van der Waals surface area contributed by atoms with Crippen LogP contribution in [0.1, 0.15) is 5.56 Å². The number of ether oxygens (including phenoxy) is 1. The van der Waals surface area contributed by atoms with E-state index in [1.165, 1.54) is 55.7 Å². The number of phenolic OH excluding ortho intramolecular Hbond substituents is 1. The standard InChI is InChI=1S/C17H13N3O5/c1-25-16-8-11(5-6-15(16)21)7-12(10-18)17(22)19-13-3-2-4-14(9-13)20(23)24/h2-9,21H,1H3,(H,19,22)/b12-7+. The maximum absolute atomic E-state index is 12.2. The van der Waals surface area contributed by atoms with E-state index in [0.29, 0.717) is 5.56 Å². The lowest BCUT2D eigenvalue weighted by Crippen LogP contribution is -2.13. The first-order valence-corrected chi connectivity index (χ1v) is 6.99. The third kappa shape index (κ3) is 4.33. The molecule has 0 bridgehead atoms. The number of hydrogen-bond acceptors (Lipinski definition) is 6. The van der Waals surface area contributed by atoms with Gasteiger partial charge in [-0.3, -0.25) is 14.9 Å². The number of rotatable bonds is 5. The number of nitrogens with one attached hydrogen (secondary N) is 1. The minimum atomic E-state index is -0.713. The van der Waals surface area contributed by atoms with Crippen LogP contribution in [0.15, 0.2) is 48.0 Å². The van der Waals surface area contributed by atoms with E-state index in [4.69, 9.17) is 4.74 Å². The maximum atomic E-state index is 12.2. The summed E-state index contributed by atoms with van der Waals surface area (Å²) in [6.45, 7) is 0. The van der Waals surface area contributed by atoms with Crippen LogP contribution in [0.2, 0.25) is 0 Å². The fraction of sp³-hybridized carbons (Fsp3) is 0.0588. The van der Waals surface area contributed by atoms with Gasteiger partial charge in [0.1, 0.15) is 11.6 Å². The predicted molar refractivity (Wildman–Crippen MR) is 90.0 cm³/mol. The Morgan fingerprint density at radius 2 is 2.12 bits per heavy atom. The summed E-state index contributed by atoms with van der Waals surface area (Å²) in [5.74, 6) is -0.584. The van der Waals surface area contributed by atoms with E-state index in [1.807, 2.05) is 0 Å². The van der Waals surface area contributed by atoms with Gasteiger partial charge in [-0.1, -0.05) is 12.1 Å². The molecule has 0 radical (unpaired) electrons. The molecule has 0 saturated heterocycles. The summed E-state index contributed by atoms with van der Waals surface area (Å²) in [6.07, 6.45) is 1.31. The summed E-state index contributed by atoms with van der Waals surface area (Å²) >= 11 is 0. The van der Waals surface area contributed by atoms with Crippen molar-refractivity contribution in [1.29, 1.82) is 5.26 Å². The Hall–Kier alpha value is -3.86. The molecule has 0 aromatic heterocycles. The highest BCUT2D eigenvalue weighted by Gasteiger charge is 2.12. The predicted octanol–water partition coefficient (Wildman–Crippen LogP) is 2.85. The molecule has 8 nitrogen and oxygen atoms in total. The Labute approximate surface area is 142 Å². The molecule has 0 heterocycles. The van der Waals surface area contributed by atoms with Gasteiger partial charge in [-0.05, 0) is 29.8 Å². The van der Waals surface area contributed by atoms with Crippen LogP contribution in [0.25, 0.3) is 6.08 Å². The molecular weight excluding hydrogens is 326 g/mol. The van der Waals surface area contributed by atoms with E-state index in [-0.39, 0.29) is 28.4 Å². The van der Waals surface area contributed by atoms with Crippen LogP contribution < -0.4 is 10.1 Å². The van der Waals surface area contributed by atoms with Gasteiger partial charge >= 0.3 is 0 Å². The van der Waals surface area contributed by atoms with Crippen molar-refractivity contribution >= 4 is 23.4 Å². The van der Waals surface area contributed by atoms with Gasteiger partial charge in [-0.25, -0.2) is 0 Å². The lowest BCUT2D eigenvalue weighted by molar-refractivity contribution is -0.384. The molecule has 0 atom stereocenters. The average Bonchev–Trinajstić information content (AvgIpc) is 2.61. The molecule has 0 aliphatic carbocycles. The number of amides is 1. The van der Waals surface area contributed by atoms with Crippen molar-refractivity contribution in [2.45, 2.75) is 0 Å². The first-order valence-electron chi connectivity index (χ1n) is 6.99. The molecule has 0 fully saturated rings. The molecule has 126 valence electrons.